The lowest BCUT2D eigenvalue weighted by Gasteiger charge is -2.57. The van der Waals surface area contributed by atoms with Crippen LogP contribution in [0.5, 0.6) is 0 Å². The Morgan fingerprint density at radius 2 is 1.81 bits per heavy atom. The summed E-state index contributed by atoms with van der Waals surface area (Å²) in [6, 6.07) is 4.71. The zero-order chi connectivity index (χ0) is 15.1. The second-order valence-electron chi connectivity index (χ2n) is 7.12. The molecule has 2 saturated carbocycles. The van der Waals surface area contributed by atoms with Crippen LogP contribution in [0.4, 0.5) is 8.78 Å². The van der Waals surface area contributed by atoms with Crippen molar-refractivity contribution in [2.75, 3.05) is 6.54 Å². The second kappa shape index (κ2) is 5.35. The molecule has 0 amide bonds. The van der Waals surface area contributed by atoms with Crippen LogP contribution in [0, 0.1) is 17.0 Å². The number of benzene rings is 1. The van der Waals surface area contributed by atoms with E-state index in [2.05, 4.69) is 19.2 Å². The number of hydrogen-bond donors (Lipinski definition) is 1. The standard InChI is InChI=1S/C18H25F2N/c1-3-17(4-2)10-18(11-17,12-21-14-6-7-14)15-8-5-13(19)9-16(15)20/h5,8-9,14,21H,3-4,6-7,10-12H2,1-2H3. The van der Waals surface area contributed by atoms with Gasteiger partial charge in [-0.05, 0) is 42.7 Å². The fourth-order valence-corrected chi connectivity index (χ4v) is 4.09. The van der Waals surface area contributed by atoms with Crippen LogP contribution < -0.4 is 5.32 Å². The van der Waals surface area contributed by atoms with Crippen molar-refractivity contribution in [1.29, 1.82) is 0 Å². The second-order valence-corrected chi connectivity index (χ2v) is 7.12. The highest BCUT2D eigenvalue weighted by Gasteiger charge is 2.54. The molecule has 1 nitrogen and oxygen atoms in total. The van der Waals surface area contributed by atoms with E-state index in [1.807, 2.05) is 0 Å². The van der Waals surface area contributed by atoms with Crippen molar-refractivity contribution in [3.8, 4) is 0 Å². The predicted octanol–water partition coefficient (Wildman–Crippen LogP) is 4.55. The van der Waals surface area contributed by atoms with Crippen molar-refractivity contribution in [2.45, 2.75) is 63.8 Å². The van der Waals surface area contributed by atoms with Gasteiger partial charge >= 0.3 is 0 Å². The van der Waals surface area contributed by atoms with E-state index in [-0.39, 0.29) is 11.2 Å². The molecule has 1 aromatic carbocycles. The van der Waals surface area contributed by atoms with Gasteiger partial charge in [-0.2, -0.15) is 0 Å². The summed E-state index contributed by atoms with van der Waals surface area (Å²) in [5.74, 6) is -0.869. The van der Waals surface area contributed by atoms with Crippen LogP contribution in [0.2, 0.25) is 0 Å². The molecule has 2 fully saturated rings. The van der Waals surface area contributed by atoms with Crippen molar-refractivity contribution in [1.82, 2.24) is 5.32 Å². The SMILES string of the molecule is CCC1(CC)CC(CNC2CC2)(c2ccc(F)cc2F)C1. The van der Waals surface area contributed by atoms with Crippen LogP contribution in [0.1, 0.15) is 57.9 Å². The monoisotopic (exact) mass is 293 g/mol. The zero-order valence-electron chi connectivity index (χ0n) is 13.0. The number of nitrogens with one attached hydrogen (secondary N) is 1. The Morgan fingerprint density at radius 1 is 1.14 bits per heavy atom. The van der Waals surface area contributed by atoms with Gasteiger partial charge in [0.15, 0.2) is 0 Å². The van der Waals surface area contributed by atoms with Crippen molar-refractivity contribution in [3.05, 3.63) is 35.4 Å². The Hall–Kier alpha value is -0.960. The third-order valence-electron chi connectivity index (χ3n) is 5.74. The van der Waals surface area contributed by atoms with E-state index in [0.29, 0.717) is 17.0 Å². The largest absolute Gasteiger partial charge is 0.313 e. The third kappa shape index (κ3) is 2.73. The lowest BCUT2D eigenvalue weighted by atomic mass is 9.48. The molecule has 0 spiro atoms. The molecule has 0 aliphatic heterocycles. The maximum atomic E-state index is 14.3. The summed E-state index contributed by atoms with van der Waals surface area (Å²) in [5, 5.41) is 3.57. The summed E-state index contributed by atoms with van der Waals surface area (Å²) >= 11 is 0. The molecule has 2 aliphatic rings. The summed E-state index contributed by atoms with van der Waals surface area (Å²) in [7, 11) is 0. The first kappa shape index (κ1) is 15.0. The highest BCUT2D eigenvalue weighted by Crippen LogP contribution is 2.59. The van der Waals surface area contributed by atoms with E-state index in [1.165, 1.54) is 18.9 Å². The van der Waals surface area contributed by atoms with Crippen LogP contribution >= 0.6 is 0 Å². The number of halogens is 2. The Balaban J connectivity index is 1.85. The molecule has 116 valence electrons. The Labute approximate surface area is 126 Å². The first-order chi connectivity index (χ1) is 10.0. The molecule has 2 aliphatic carbocycles. The van der Waals surface area contributed by atoms with E-state index in [9.17, 15) is 8.78 Å². The molecular weight excluding hydrogens is 268 g/mol. The van der Waals surface area contributed by atoms with Crippen LogP contribution in [-0.2, 0) is 5.41 Å². The lowest BCUT2D eigenvalue weighted by molar-refractivity contribution is 0.0105. The van der Waals surface area contributed by atoms with Gasteiger partial charge in [0.05, 0.1) is 0 Å². The van der Waals surface area contributed by atoms with E-state index < -0.39 is 5.82 Å². The molecule has 0 radical (unpaired) electrons. The van der Waals surface area contributed by atoms with Gasteiger partial charge in [-0.1, -0.05) is 32.8 Å². The lowest BCUT2D eigenvalue weighted by Crippen LogP contribution is -2.55. The van der Waals surface area contributed by atoms with Gasteiger partial charge in [0.1, 0.15) is 11.6 Å². The van der Waals surface area contributed by atoms with Crippen LogP contribution in [-0.4, -0.2) is 12.6 Å². The van der Waals surface area contributed by atoms with Crippen molar-refractivity contribution >= 4 is 0 Å². The van der Waals surface area contributed by atoms with Crippen molar-refractivity contribution in [2.24, 2.45) is 5.41 Å². The number of rotatable bonds is 6. The minimum atomic E-state index is -0.488. The molecule has 0 aromatic heterocycles. The van der Waals surface area contributed by atoms with Gasteiger partial charge in [0.25, 0.3) is 0 Å². The summed E-state index contributed by atoms with van der Waals surface area (Å²) in [6.45, 7) is 5.27. The summed E-state index contributed by atoms with van der Waals surface area (Å²) in [6.07, 6.45) is 6.75. The first-order valence-corrected chi connectivity index (χ1v) is 8.21. The van der Waals surface area contributed by atoms with E-state index >= 15 is 0 Å². The Kier molecular flexibility index (Phi) is 3.81. The van der Waals surface area contributed by atoms with Gasteiger partial charge in [-0.3, -0.25) is 0 Å². The molecule has 1 aromatic rings. The smallest absolute Gasteiger partial charge is 0.129 e. The van der Waals surface area contributed by atoms with E-state index in [1.54, 1.807) is 6.07 Å². The fraction of sp³-hybridized carbons (Fsp3) is 0.667. The molecule has 21 heavy (non-hydrogen) atoms. The molecule has 0 bridgehead atoms. The van der Waals surface area contributed by atoms with Gasteiger partial charge in [0, 0.05) is 24.1 Å². The predicted molar refractivity (Wildman–Crippen MR) is 81.3 cm³/mol. The fourth-order valence-electron chi connectivity index (χ4n) is 4.09. The topological polar surface area (TPSA) is 12.0 Å². The summed E-state index contributed by atoms with van der Waals surface area (Å²) < 4.78 is 27.5. The van der Waals surface area contributed by atoms with Crippen LogP contribution in [0.25, 0.3) is 0 Å². The molecule has 3 heteroatoms. The minimum Gasteiger partial charge on any atom is -0.313 e. The summed E-state index contributed by atoms with van der Waals surface area (Å²) in [4.78, 5) is 0. The van der Waals surface area contributed by atoms with E-state index in [4.69, 9.17) is 0 Å². The van der Waals surface area contributed by atoms with Gasteiger partial charge in [0.2, 0.25) is 0 Å². The molecule has 0 atom stereocenters. The third-order valence-corrected chi connectivity index (χ3v) is 5.74. The highest BCUT2D eigenvalue weighted by atomic mass is 19.1. The Morgan fingerprint density at radius 3 is 2.33 bits per heavy atom. The maximum Gasteiger partial charge on any atom is 0.129 e. The van der Waals surface area contributed by atoms with Gasteiger partial charge < -0.3 is 5.32 Å². The first-order valence-electron chi connectivity index (χ1n) is 8.21. The van der Waals surface area contributed by atoms with Crippen LogP contribution in [0.3, 0.4) is 0 Å². The molecule has 0 saturated heterocycles. The highest BCUT2D eigenvalue weighted by molar-refractivity contribution is 5.33. The number of hydrogen-bond acceptors (Lipinski definition) is 1. The van der Waals surface area contributed by atoms with Crippen molar-refractivity contribution < 1.29 is 8.78 Å². The quantitative estimate of drug-likeness (QED) is 0.811. The maximum absolute atomic E-state index is 14.3. The molecule has 1 N–H and O–H groups in total. The van der Waals surface area contributed by atoms with E-state index in [0.717, 1.165) is 38.3 Å². The minimum absolute atomic E-state index is 0.146. The molecular formula is C18H25F2N. The zero-order valence-corrected chi connectivity index (χ0v) is 13.0. The van der Waals surface area contributed by atoms with Crippen molar-refractivity contribution in [3.63, 3.8) is 0 Å². The Bertz CT molecular complexity index is 510. The molecule has 3 rings (SSSR count). The van der Waals surface area contributed by atoms with Gasteiger partial charge in [-0.25, -0.2) is 8.78 Å². The van der Waals surface area contributed by atoms with Crippen LogP contribution in [0.15, 0.2) is 18.2 Å². The average Bonchev–Trinajstić information content (AvgIpc) is 3.23. The normalized spacial score (nSPS) is 22.9. The van der Waals surface area contributed by atoms with Gasteiger partial charge in [-0.15, -0.1) is 0 Å². The molecule has 0 unspecified atom stereocenters. The summed E-state index contributed by atoms with van der Waals surface area (Å²) in [5.41, 5.74) is 0.896. The molecule has 0 heterocycles. The average molecular weight is 293 g/mol.